The molecule has 0 spiro atoms. The molecule has 0 fully saturated rings. The molecule has 1 aromatic carbocycles. The maximum absolute atomic E-state index is 13.7. The monoisotopic (exact) mass is 281 g/mol. The van der Waals surface area contributed by atoms with Crippen LogP contribution in [0, 0.1) is 5.82 Å². The minimum atomic E-state index is -0.300. The van der Waals surface area contributed by atoms with Gasteiger partial charge in [0.2, 0.25) is 0 Å². The van der Waals surface area contributed by atoms with E-state index in [2.05, 4.69) is 5.10 Å². The summed E-state index contributed by atoms with van der Waals surface area (Å²) in [5, 5.41) is 4.87. The molecule has 1 atom stereocenters. The standard InChI is InChI=1S/C14H17ClFN3/c1-3-11-8-14(19(2)18-11)13(17)7-9-6-10(15)4-5-12(9)16/h4-6,8,13H,3,7,17H2,1-2H3. The molecule has 0 aliphatic heterocycles. The van der Waals surface area contributed by atoms with E-state index in [0.29, 0.717) is 17.0 Å². The number of hydrogen-bond donors (Lipinski definition) is 1. The van der Waals surface area contributed by atoms with Gasteiger partial charge in [0.15, 0.2) is 0 Å². The van der Waals surface area contributed by atoms with Crippen molar-refractivity contribution in [2.24, 2.45) is 12.8 Å². The molecule has 0 amide bonds. The Morgan fingerprint density at radius 3 is 2.79 bits per heavy atom. The van der Waals surface area contributed by atoms with Crippen molar-refractivity contribution < 1.29 is 4.39 Å². The molecular formula is C14H17ClFN3. The van der Waals surface area contributed by atoms with Crippen LogP contribution in [0.4, 0.5) is 4.39 Å². The summed E-state index contributed by atoms with van der Waals surface area (Å²) in [7, 11) is 1.85. The van der Waals surface area contributed by atoms with Crippen LogP contribution in [0.25, 0.3) is 0 Å². The maximum Gasteiger partial charge on any atom is 0.126 e. The van der Waals surface area contributed by atoms with Crippen LogP contribution in [0.5, 0.6) is 0 Å². The molecule has 0 radical (unpaired) electrons. The lowest BCUT2D eigenvalue weighted by Gasteiger charge is -2.12. The van der Waals surface area contributed by atoms with Gasteiger partial charge in [-0.05, 0) is 42.7 Å². The topological polar surface area (TPSA) is 43.8 Å². The Hall–Kier alpha value is -1.39. The van der Waals surface area contributed by atoms with Gasteiger partial charge in [-0.2, -0.15) is 5.10 Å². The first-order valence-electron chi connectivity index (χ1n) is 6.23. The smallest absolute Gasteiger partial charge is 0.126 e. The first kappa shape index (κ1) is 14.0. The number of nitrogens with zero attached hydrogens (tertiary/aromatic N) is 2. The van der Waals surface area contributed by atoms with E-state index in [1.54, 1.807) is 10.7 Å². The highest BCUT2D eigenvalue weighted by molar-refractivity contribution is 6.30. The summed E-state index contributed by atoms with van der Waals surface area (Å²) in [6, 6.07) is 6.18. The Morgan fingerprint density at radius 2 is 2.16 bits per heavy atom. The average Bonchev–Trinajstić information content (AvgIpc) is 2.75. The highest BCUT2D eigenvalue weighted by Gasteiger charge is 2.15. The molecule has 0 saturated heterocycles. The molecule has 1 aromatic heterocycles. The molecular weight excluding hydrogens is 265 g/mol. The summed E-state index contributed by atoms with van der Waals surface area (Å²) in [6.07, 6.45) is 1.25. The van der Waals surface area contributed by atoms with Crippen LogP contribution in [-0.2, 0) is 19.9 Å². The number of nitrogens with two attached hydrogens (primary N) is 1. The molecule has 3 nitrogen and oxygen atoms in total. The Labute approximate surface area is 117 Å². The van der Waals surface area contributed by atoms with E-state index in [-0.39, 0.29) is 11.9 Å². The molecule has 2 rings (SSSR count). The lowest BCUT2D eigenvalue weighted by Crippen LogP contribution is -2.17. The fourth-order valence-corrected chi connectivity index (χ4v) is 2.30. The molecule has 102 valence electrons. The van der Waals surface area contributed by atoms with E-state index in [4.69, 9.17) is 17.3 Å². The van der Waals surface area contributed by atoms with E-state index < -0.39 is 0 Å². The Bertz CT molecular complexity index is 580. The average molecular weight is 282 g/mol. The van der Waals surface area contributed by atoms with Crippen LogP contribution in [0.15, 0.2) is 24.3 Å². The highest BCUT2D eigenvalue weighted by Crippen LogP contribution is 2.21. The summed E-state index contributed by atoms with van der Waals surface area (Å²) in [5.41, 5.74) is 8.56. The Balaban J connectivity index is 2.22. The van der Waals surface area contributed by atoms with Gasteiger partial charge in [-0.25, -0.2) is 4.39 Å². The molecule has 0 aliphatic rings. The molecule has 2 N–H and O–H groups in total. The van der Waals surface area contributed by atoms with Crippen molar-refractivity contribution in [2.45, 2.75) is 25.8 Å². The lowest BCUT2D eigenvalue weighted by atomic mass is 10.0. The van der Waals surface area contributed by atoms with Crippen LogP contribution in [0.1, 0.15) is 29.9 Å². The van der Waals surface area contributed by atoms with E-state index in [0.717, 1.165) is 17.8 Å². The minimum Gasteiger partial charge on any atom is -0.322 e. The predicted molar refractivity (Wildman–Crippen MR) is 74.6 cm³/mol. The zero-order chi connectivity index (χ0) is 14.0. The molecule has 1 heterocycles. The third kappa shape index (κ3) is 3.14. The Morgan fingerprint density at radius 1 is 1.42 bits per heavy atom. The van der Waals surface area contributed by atoms with Gasteiger partial charge in [-0.1, -0.05) is 18.5 Å². The van der Waals surface area contributed by atoms with Crippen molar-refractivity contribution in [3.63, 3.8) is 0 Å². The molecule has 1 unspecified atom stereocenters. The van der Waals surface area contributed by atoms with Crippen LogP contribution in [-0.4, -0.2) is 9.78 Å². The van der Waals surface area contributed by atoms with Crippen molar-refractivity contribution in [3.8, 4) is 0 Å². The summed E-state index contributed by atoms with van der Waals surface area (Å²) in [6.45, 7) is 2.04. The second kappa shape index (κ2) is 5.72. The molecule has 0 saturated carbocycles. The van der Waals surface area contributed by atoms with Gasteiger partial charge in [-0.3, -0.25) is 4.68 Å². The minimum absolute atomic E-state index is 0.280. The SMILES string of the molecule is CCc1cc(C(N)Cc2cc(Cl)ccc2F)n(C)n1. The van der Waals surface area contributed by atoms with E-state index in [1.807, 2.05) is 20.0 Å². The summed E-state index contributed by atoms with van der Waals surface area (Å²) < 4.78 is 15.4. The number of benzene rings is 1. The number of halogens is 2. The third-order valence-corrected chi connectivity index (χ3v) is 3.39. The van der Waals surface area contributed by atoms with Crippen molar-refractivity contribution in [1.82, 2.24) is 9.78 Å². The van der Waals surface area contributed by atoms with Gasteiger partial charge < -0.3 is 5.73 Å². The first-order chi connectivity index (χ1) is 9.01. The van der Waals surface area contributed by atoms with Crippen LogP contribution >= 0.6 is 11.6 Å². The largest absolute Gasteiger partial charge is 0.322 e. The number of aromatic nitrogens is 2. The van der Waals surface area contributed by atoms with Gasteiger partial charge in [-0.15, -0.1) is 0 Å². The number of rotatable bonds is 4. The number of hydrogen-bond acceptors (Lipinski definition) is 2. The second-order valence-corrected chi connectivity index (χ2v) is 5.02. The van der Waals surface area contributed by atoms with Crippen LogP contribution in [0.2, 0.25) is 5.02 Å². The van der Waals surface area contributed by atoms with Crippen molar-refractivity contribution in [3.05, 3.63) is 52.1 Å². The fraction of sp³-hybridized carbons (Fsp3) is 0.357. The highest BCUT2D eigenvalue weighted by atomic mass is 35.5. The second-order valence-electron chi connectivity index (χ2n) is 4.58. The van der Waals surface area contributed by atoms with Gasteiger partial charge >= 0.3 is 0 Å². The van der Waals surface area contributed by atoms with E-state index in [9.17, 15) is 4.39 Å². The quantitative estimate of drug-likeness (QED) is 0.936. The molecule has 5 heteroatoms. The summed E-state index contributed by atoms with van der Waals surface area (Å²) in [5.74, 6) is -0.280. The van der Waals surface area contributed by atoms with Gasteiger partial charge in [0, 0.05) is 12.1 Å². The van der Waals surface area contributed by atoms with Crippen molar-refractivity contribution in [1.29, 1.82) is 0 Å². The summed E-state index contributed by atoms with van der Waals surface area (Å²) >= 11 is 5.88. The Kier molecular flexibility index (Phi) is 4.22. The summed E-state index contributed by atoms with van der Waals surface area (Å²) in [4.78, 5) is 0. The zero-order valence-electron chi connectivity index (χ0n) is 11.0. The normalized spacial score (nSPS) is 12.7. The lowest BCUT2D eigenvalue weighted by molar-refractivity contribution is 0.573. The van der Waals surface area contributed by atoms with Gasteiger partial charge in [0.25, 0.3) is 0 Å². The third-order valence-electron chi connectivity index (χ3n) is 3.16. The van der Waals surface area contributed by atoms with E-state index in [1.165, 1.54) is 12.1 Å². The van der Waals surface area contributed by atoms with Crippen LogP contribution < -0.4 is 5.73 Å². The molecule has 0 bridgehead atoms. The molecule has 2 aromatic rings. The van der Waals surface area contributed by atoms with Gasteiger partial charge in [0.1, 0.15) is 5.82 Å². The molecule has 19 heavy (non-hydrogen) atoms. The van der Waals surface area contributed by atoms with Crippen molar-refractivity contribution in [2.75, 3.05) is 0 Å². The number of aryl methyl sites for hydroxylation is 2. The maximum atomic E-state index is 13.7. The zero-order valence-corrected chi connectivity index (χ0v) is 11.8. The van der Waals surface area contributed by atoms with Crippen LogP contribution in [0.3, 0.4) is 0 Å². The van der Waals surface area contributed by atoms with E-state index >= 15 is 0 Å². The molecule has 0 aliphatic carbocycles. The van der Waals surface area contributed by atoms with Gasteiger partial charge in [0.05, 0.1) is 17.4 Å². The fourth-order valence-electron chi connectivity index (χ4n) is 2.10. The first-order valence-corrected chi connectivity index (χ1v) is 6.61. The predicted octanol–water partition coefficient (Wildman–Crippen LogP) is 3.02. The van der Waals surface area contributed by atoms with Crippen molar-refractivity contribution >= 4 is 11.6 Å².